The molecule has 2 saturated heterocycles. The van der Waals surface area contributed by atoms with Crippen LogP contribution in [0.15, 0.2) is 12.4 Å². The van der Waals surface area contributed by atoms with Gasteiger partial charge in [0.1, 0.15) is 6.17 Å². The van der Waals surface area contributed by atoms with Gasteiger partial charge in [0, 0.05) is 18.3 Å². The van der Waals surface area contributed by atoms with Gasteiger partial charge in [0.2, 0.25) is 5.91 Å². The molecule has 0 aliphatic carbocycles. The Balaban J connectivity index is 1.86. The Hall–Kier alpha value is -1.36. The Morgan fingerprint density at radius 3 is 2.84 bits per heavy atom. The molecule has 0 saturated carbocycles. The van der Waals surface area contributed by atoms with Gasteiger partial charge in [-0.25, -0.2) is 0 Å². The molecule has 1 N–H and O–H groups in total. The molecule has 0 aromatic carbocycles. The first kappa shape index (κ1) is 12.7. The van der Waals surface area contributed by atoms with Crippen molar-refractivity contribution < 1.29 is 4.79 Å². The first-order valence-corrected chi connectivity index (χ1v) is 7.08. The zero-order valence-corrected chi connectivity index (χ0v) is 11.9. The van der Waals surface area contributed by atoms with Crippen LogP contribution in [-0.2, 0) is 10.3 Å². The predicted molar refractivity (Wildman–Crippen MR) is 72.5 cm³/mol. The maximum atomic E-state index is 12.0. The van der Waals surface area contributed by atoms with Gasteiger partial charge in [0.15, 0.2) is 0 Å². The normalized spacial score (nSPS) is 28.3. The third-order valence-electron chi connectivity index (χ3n) is 4.06. The fraction of sp³-hybridized carbons (Fsp3) is 0.714. The molecule has 2 atom stereocenters. The smallest absolute Gasteiger partial charge is 0.238 e. The van der Waals surface area contributed by atoms with E-state index in [1.807, 2.05) is 10.9 Å². The second-order valence-corrected chi connectivity index (χ2v) is 6.55. The van der Waals surface area contributed by atoms with Gasteiger partial charge in [-0.3, -0.25) is 14.4 Å². The SMILES string of the molecule is CC(C)(C)n1cc(C2NC(=O)C3CCCCN32)cn1. The lowest BCUT2D eigenvalue weighted by Gasteiger charge is -2.30. The van der Waals surface area contributed by atoms with Gasteiger partial charge < -0.3 is 5.32 Å². The maximum Gasteiger partial charge on any atom is 0.238 e. The summed E-state index contributed by atoms with van der Waals surface area (Å²) in [5.74, 6) is 0.174. The van der Waals surface area contributed by atoms with Crippen LogP contribution in [0.1, 0.15) is 51.8 Å². The van der Waals surface area contributed by atoms with Gasteiger partial charge in [-0.05, 0) is 33.6 Å². The fourth-order valence-corrected chi connectivity index (χ4v) is 2.98. The van der Waals surface area contributed by atoms with Crippen molar-refractivity contribution in [2.75, 3.05) is 6.54 Å². The van der Waals surface area contributed by atoms with Gasteiger partial charge in [-0.1, -0.05) is 6.42 Å². The number of piperidine rings is 1. The Bertz CT molecular complexity index is 488. The zero-order valence-electron chi connectivity index (χ0n) is 11.9. The summed E-state index contributed by atoms with van der Waals surface area (Å²) < 4.78 is 1.96. The van der Waals surface area contributed by atoms with Crippen LogP contribution in [0.5, 0.6) is 0 Å². The third-order valence-corrected chi connectivity index (χ3v) is 4.06. The molecule has 0 radical (unpaired) electrons. The molecule has 1 aromatic heterocycles. The van der Waals surface area contributed by atoms with Crippen molar-refractivity contribution in [3.8, 4) is 0 Å². The largest absolute Gasteiger partial charge is 0.335 e. The number of carbonyl (C=O) groups excluding carboxylic acids is 1. The van der Waals surface area contributed by atoms with Gasteiger partial charge in [0.05, 0.1) is 17.8 Å². The minimum Gasteiger partial charge on any atom is -0.335 e. The van der Waals surface area contributed by atoms with Crippen molar-refractivity contribution in [1.29, 1.82) is 0 Å². The van der Waals surface area contributed by atoms with E-state index in [1.54, 1.807) is 0 Å². The van der Waals surface area contributed by atoms with Gasteiger partial charge >= 0.3 is 0 Å². The molecule has 5 nitrogen and oxygen atoms in total. The molecule has 2 fully saturated rings. The summed E-state index contributed by atoms with van der Waals surface area (Å²) in [6.07, 6.45) is 7.26. The lowest BCUT2D eigenvalue weighted by molar-refractivity contribution is -0.122. The molecular weight excluding hydrogens is 240 g/mol. The predicted octanol–water partition coefficient (Wildman–Crippen LogP) is 1.62. The average Bonchev–Trinajstić information content (AvgIpc) is 2.94. The van der Waals surface area contributed by atoms with Crippen LogP contribution in [0.4, 0.5) is 0 Å². The monoisotopic (exact) mass is 262 g/mol. The number of nitrogens with one attached hydrogen (secondary N) is 1. The summed E-state index contributed by atoms with van der Waals surface area (Å²) >= 11 is 0. The van der Waals surface area contributed by atoms with E-state index in [0.29, 0.717) is 0 Å². The van der Waals surface area contributed by atoms with Crippen molar-refractivity contribution in [2.24, 2.45) is 0 Å². The molecule has 5 heteroatoms. The summed E-state index contributed by atoms with van der Waals surface area (Å²) in [6, 6.07) is 0.0664. The number of amides is 1. The topological polar surface area (TPSA) is 50.2 Å². The Morgan fingerprint density at radius 2 is 2.16 bits per heavy atom. The van der Waals surface area contributed by atoms with Crippen molar-refractivity contribution in [3.05, 3.63) is 18.0 Å². The number of rotatable bonds is 1. The third kappa shape index (κ3) is 2.16. The lowest BCUT2D eigenvalue weighted by atomic mass is 10.0. The number of nitrogens with zero attached hydrogens (tertiary/aromatic N) is 3. The average molecular weight is 262 g/mol. The van der Waals surface area contributed by atoms with E-state index >= 15 is 0 Å². The zero-order chi connectivity index (χ0) is 13.6. The molecular formula is C14H22N4O. The van der Waals surface area contributed by atoms with Crippen molar-refractivity contribution in [3.63, 3.8) is 0 Å². The Labute approximate surface area is 114 Å². The molecule has 1 aromatic rings. The van der Waals surface area contributed by atoms with E-state index in [-0.39, 0.29) is 23.7 Å². The second kappa shape index (κ2) is 4.34. The minimum atomic E-state index is -0.0256. The first-order chi connectivity index (χ1) is 8.97. The van der Waals surface area contributed by atoms with E-state index in [9.17, 15) is 4.79 Å². The van der Waals surface area contributed by atoms with Crippen LogP contribution in [0, 0.1) is 0 Å². The molecule has 2 aliphatic heterocycles. The molecule has 0 bridgehead atoms. The summed E-state index contributed by atoms with van der Waals surface area (Å²) in [7, 11) is 0. The molecule has 0 spiro atoms. The highest BCUT2D eigenvalue weighted by atomic mass is 16.2. The fourth-order valence-electron chi connectivity index (χ4n) is 2.98. The van der Waals surface area contributed by atoms with E-state index in [4.69, 9.17) is 0 Å². The van der Waals surface area contributed by atoms with Crippen molar-refractivity contribution >= 4 is 5.91 Å². The van der Waals surface area contributed by atoms with E-state index in [1.165, 1.54) is 6.42 Å². The van der Waals surface area contributed by atoms with Crippen LogP contribution >= 0.6 is 0 Å². The summed E-state index contributed by atoms with van der Waals surface area (Å²) in [5, 5.41) is 7.54. The summed E-state index contributed by atoms with van der Waals surface area (Å²) in [4.78, 5) is 14.3. The van der Waals surface area contributed by atoms with Crippen molar-refractivity contribution in [1.82, 2.24) is 20.0 Å². The quantitative estimate of drug-likeness (QED) is 0.836. The molecule has 2 aliphatic rings. The maximum absolute atomic E-state index is 12.0. The molecule has 104 valence electrons. The molecule has 3 rings (SSSR count). The van der Waals surface area contributed by atoms with E-state index in [0.717, 1.165) is 24.9 Å². The lowest BCUT2D eigenvalue weighted by Crippen LogP contribution is -2.38. The number of hydrogen-bond acceptors (Lipinski definition) is 3. The van der Waals surface area contributed by atoms with Crippen molar-refractivity contribution in [2.45, 2.75) is 57.8 Å². The minimum absolute atomic E-state index is 0.00824. The van der Waals surface area contributed by atoms with Crippen LogP contribution in [-0.4, -0.2) is 33.2 Å². The number of carbonyl (C=O) groups is 1. The second-order valence-electron chi connectivity index (χ2n) is 6.55. The highest BCUT2D eigenvalue weighted by molar-refractivity contribution is 5.84. The molecule has 2 unspecified atom stereocenters. The van der Waals surface area contributed by atoms with E-state index < -0.39 is 0 Å². The van der Waals surface area contributed by atoms with Gasteiger partial charge in [-0.15, -0.1) is 0 Å². The highest BCUT2D eigenvalue weighted by Gasteiger charge is 2.42. The summed E-state index contributed by atoms with van der Waals surface area (Å²) in [6.45, 7) is 7.37. The number of hydrogen-bond donors (Lipinski definition) is 1. The molecule has 1 amide bonds. The van der Waals surface area contributed by atoms with Gasteiger partial charge in [-0.2, -0.15) is 5.10 Å². The van der Waals surface area contributed by atoms with Crippen LogP contribution in [0.2, 0.25) is 0 Å². The summed E-state index contributed by atoms with van der Waals surface area (Å²) in [5.41, 5.74) is 1.06. The standard InChI is InChI=1S/C14H22N4O/c1-14(2,3)18-9-10(8-15-18)12-16-13(19)11-6-4-5-7-17(11)12/h8-9,11-12H,4-7H2,1-3H3,(H,16,19). The van der Waals surface area contributed by atoms with Crippen LogP contribution < -0.4 is 5.32 Å². The van der Waals surface area contributed by atoms with Gasteiger partial charge in [0.25, 0.3) is 0 Å². The Morgan fingerprint density at radius 1 is 1.37 bits per heavy atom. The van der Waals surface area contributed by atoms with E-state index in [2.05, 4.69) is 42.3 Å². The van der Waals surface area contributed by atoms with Crippen LogP contribution in [0.25, 0.3) is 0 Å². The Kier molecular flexibility index (Phi) is 2.89. The van der Waals surface area contributed by atoms with Crippen LogP contribution in [0.3, 0.4) is 0 Å². The molecule has 19 heavy (non-hydrogen) atoms. The highest BCUT2D eigenvalue weighted by Crippen LogP contribution is 2.32. The number of fused-ring (bicyclic) bond motifs is 1. The number of aromatic nitrogens is 2. The molecule has 3 heterocycles. The first-order valence-electron chi connectivity index (χ1n) is 7.08.